The molecule has 1 N–H and O–H groups in total. The Balaban J connectivity index is 0.00000480. The molecule has 258 valence electrons. The summed E-state index contributed by atoms with van der Waals surface area (Å²) in [4.78, 5) is 4.90. The quantitative estimate of drug-likeness (QED) is 0.223. The van der Waals surface area contributed by atoms with Crippen LogP contribution in [-0.2, 0) is 14.6 Å². The minimum absolute atomic E-state index is 0. The molecule has 0 saturated carbocycles. The Labute approximate surface area is 288 Å². The van der Waals surface area contributed by atoms with Crippen LogP contribution in [0.4, 0.5) is 5.69 Å². The second-order valence-corrected chi connectivity index (χ2v) is 15.9. The molecule has 46 heavy (non-hydrogen) atoms. The van der Waals surface area contributed by atoms with Crippen molar-refractivity contribution in [2.24, 2.45) is 5.41 Å². The molecule has 4 aliphatic rings. The van der Waals surface area contributed by atoms with Gasteiger partial charge in [0, 0.05) is 50.7 Å². The third kappa shape index (κ3) is 8.29. The molecule has 4 aliphatic heterocycles. The maximum absolute atomic E-state index is 14.1. The first kappa shape index (κ1) is 37.1. The Morgan fingerprint density at radius 3 is 2.15 bits per heavy atom. The van der Waals surface area contributed by atoms with E-state index in [0.29, 0.717) is 36.5 Å². The van der Waals surface area contributed by atoms with Gasteiger partial charge in [0.15, 0.2) is 9.84 Å². The van der Waals surface area contributed by atoms with Gasteiger partial charge in [-0.1, -0.05) is 51.7 Å². The average molecular weight is 723 g/mol. The molecule has 0 aromatic heterocycles. The van der Waals surface area contributed by atoms with Crippen molar-refractivity contribution in [2.45, 2.75) is 69.3 Å². The predicted octanol–water partition coefficient (Wildman–Crippen LogP) is 1.94. The van der Waals surface area contributed by atoms with E-state index in [1.807, 2.05) is 55.4 Å². The van der Waals surface area contributed by atoms with Crippen LogP contribution >= 0.6 is 0 Å². The summed E-state index contributed by atoms with van der Waals surface area (Å²) >= 11 is 0. The Morgan fingerprint density at radius 1 is 0.935 bits per heavy atom. The summed E-state index contributed by atoms with van der Waals surface area (Å²) < 4.78 is 41.3. The fourth-order valence-electron chi connectivity index (χ4n) is 7.81. The number of sulfone groups is 1. The maximum atomic E-state index is 14.1. The van der Waals surface area contributed by atoms with Gasteiger partial charge >= 0.3 is 0 Å². The lowest BCUT2D eigenvalue weighted by Gasteiger charge is -2.50. The highest BCUT2D eigenvalue weighted by Crippen LogP contribution is 2.50. The van der Waals surface area contributed by atoms with Crippen LogP contribution in [0.5, 0.6) is 5.75 Å². The van der Waals surface area contributed by atoms with Gasteiger partial charge in [0.1, 0.15) is 18.9 Å². The Morgan fingerprint density at radius 2 is 1.57 bits per heavy atom. The van der Waals surface area contributed by atoms with Gasteiger partial charge in [-0.15, -0.1) is 0 Å². The highest BCUT2D eigenvalue weighted by molar-refractivity contribution is 7.91. The van der Waals surface area contributed by atoms with Crippen molar-refractivity contribution in [3.8, 4) is 5.75 Å². The number of piperazine rings is 3. The molecule has 2 bridgehead atoms. The van der Waals surface area contributed by atoms with Gasteiger partial charge in [-0.3, -0.25) is 4.90 Å². The minimum Gasteiger partial charge on any atom is -1.00 e. The number of hydrogen-bond acceptors (Lipinski definition) is 7. The van der Waals surface area contributed by atoms with Crippen LogP contribution in [0, 0.1) is 5.41 Å². The molecule has 3 saturated heterocycles. The van der Waals surface area contributed by atoms with Crippen molar-refractivity contribution < 1.29 is 44.5 Å². The average Bonchev–Trinajstić information content (AvgIpc) is 3.12. The molecule has 0 spiro atoms. The zero-order valence-electron chi connectivity index (χ0n) is 28.4. The molecule has 6 rings (SSSR count). The van der Waals surface area contributed by atoms with Crippen molar-refractivity contribution in [2.75, 3.05) is 90.4 Å². The van der Waals surface area contributed by atoms with E-state index in [2.05, 4.69) is 18.7 Å². The Kier molecular flexibility index (Phi) is 13.0. The van der Waals surface area contributed by atoms with Gasteiger partial charge in [-0.05, 0) is 54.3 Å². The molecular formula is C36H56BrN3O5S. The van der Waals surface area contributed by atoms with E-state index in [-0.39, 0.29) is 22.7 Å². The molecule has 2 aromatic rings. The molecule has 0 aliphatic carbocycles. The molecule has 8 nitrogen and oxygen atoms in total. The second kappa shape index (κ2) is 16.1. The van der Waals surface area contributed by atoms with Crippen LogP contribution in [0.3, 0.4) is 0 Å². The van der Waals surface area contributed by atoms with E-state index in [4.69, 9.17) is 9.47 Å². The second-order valence-electron chi connectivity index (χ2n) is 14.0. The van der Waals surface area contributed by atoms with Gasteiger partial charge in [0.05, 0.1) is 49.6 Å². The summed E-state index contributed by atoms with van der Waals surface area (Å²) in [5.41, 5.74) is 1.80. The fourth-order valence-corrected chi connectivity index (χ4v) is 10.00. The number of aliphatic hydroxyl groups excluding tert-OH is 1. The monoisotopic (exact) mass is 721 g/mol. The molecule has 3 fully saturated rings. The van der Waals surface area contributed by atoms with Crippen LogP contribution in [0.25, 0.3) is 0 Å². The summed E-state index contributed by atoms with van der Waals surface area (Å²) in [6, 6.07) is 13.5. The van der Waals surface area contributed by atoms with Crippen molar-refractivity contribution in [3.63, 3.8) is 0 Å². The van der Waals surface area contributed by atoms with Crippen molar-refractivity contribution in [3.05, 3.63) is 53.6 Å². The van der Waals surface area contributed by atoms with Crippen molar-refractivity contribution in [1.29, 1.82) is 0 Å². The summed E-state index contributed by atoms with van der Waals surface area (Å²) in [7, 11) is 0.291. The Bertz CT molecular complexity index is 1340. The predicted molar refractivity (Wildman–Crippen MR) is 181 cm³/mol. The molecule has 0 radical (unpaired) electrons. The number of nitrogens with zero attached hydrogens (tertiary/aromatic N) is 3. The highest BCUT2D eigenvalue weighted by atomic mass is 79.9. The lowest BCUT2D eigenvalue weighted by atomic mass is 9.68. The number of halogens is 1. The van der Waals surface area contributed by atoms with Crippen LogP contribution < -0.4 is 26.6 Å². The van der Waals surface area contributed by atoms with Crippen LogP contribution in [0.2, 0.25) is 0 Å². The number of hydrogen-bond donors (Lipinski definition) is 1. The third-order valence-corrected chi connectivity index (χ3v) is 12.8. The first-order chi connectivity index (χ1) is 21.6. The summed E-state index contributed by atoms with van der Waals surface area (Å²) in [5.74, 6) is 0.260. The maximum Gasteiger partial charge on any atom is 0.179 e. The zero-order chi connectivity index (χ0) is 32.1. The van der Waals surface area contributed by atoms with Crippen LogP contribution in [0.1, 0.15) is 69.4 Å². The largest absolute Gasteiger partial charge is 1.00 e. The number of anilines is 1. The van der Waals surface area contributed by atoms with Gasteiger partial charge in [0.2, 0.25) is 0 Å². The van der Waals surface area contributed by atoms with Crippen LogP contribution in [-0.4, -0.2) is 114 Å². The first-order valence-corrected chi connectivity index (χ1v) is 18.9. The molecule has 10 heteroatoms. The van der Waals surface area contributed by atoms with Crippen molar-refractivity contribution in [1.82, 2.24) is 4.90 Å². The standard InChI is InChI=1S/C36H56N3O5S.BrH/c1-5-7-15-36(16-8-6-2)28-45(41,42)33-14-11-30(37(3)4)27-32(33)34(35(36)40)29-9-12-31(13-10-29)44-26-25-43-24-23-39-20-17-38(18-21-39)19-22-39;/h9-14,27,34-35,40H,5-8,15-26,28H2,1-4H3;1H/q+1;/p-1/t34-,35-;/m1./s1. The Hall–Kier alpha value is -1.69. The number of unbranched alkanes of at least 4 members (excludes halogenated alkanes) is 2. The molecule has 2 aromatic carbocycles. The van der Waals surface area contributed by atoms with Crippen molar-refractivity contribution >= 4 is 15.5 Å². The summed E-state index contributed by atoms with van der Waals surface area (Å²) in [6.45, 7) is 14.5. The van der Waals surface area contributed by atoms with Gasteiger partial charge in [-0.25, -0.2) is 8.42 Å². The number of rotatable bonds is 15. The zero-order valence-corrected chi connectivity index (χ0v) is 30.8. The number of fused-ring (bicyclic) bond motifs is 4. The van der Waals surface area contributed by atoms with E-state index in [1.54, 1.807) is 6.07 Å². The molecule has 2 atom stereocenters. The number of quaternary nitrogens is 1. The lowest BCUT2D eigenvalue weighted by Crippen LogP contribution is -3.00. The van der Waals surface area contributed by atoms with E-state index < -0.39 is 27.3 Å². The normalized spacial score (nSPS) is 26.1. The highest BCUT2D eigenvalue weighted by Gasteiger charge is 2.49. The molecule has 4 heterocycles. The topological polar surface area (TPSA) is 79.3 Å². The van der Waals surface area contributed by atoms with Crippen LogP contribution in [0.15, 0.2) is 47.4 Å². The lowest BCUT2D eigenvalue weighted by molar-refractivity contribution is -0.941. The van der Waals surface area contributed by atoms with Gasteiger partial charge in [-0.2, -0.15) is 0 Å². The first-order valence-electron chi connectivity index (χ1n) is 17.2. The molecule has 0 unspecified atom stereocenters. The summed E-state index contributed by atoms with van der Waals surface area (Å²) in [6.07, 6.45) is 4.22. The van der Waals surface area contributed by atoms with E-state index in [0.717, 1.165) is 55.8 Å². The van der Waals surface area contributed by atoms with E-state index >= 15 is 0 Å². The SMILES string of the molecule is CCCCC1(CCCC)CS(=O)(=O)c2ccc(N(C)C)cc2[C@@H](c2ccc(OCCOCC[N+]34CCN(CC3)CC4)cc2)[C@H]1O.[Br-]. The smallest absolute Gasteiger partial charge is 0.179 e. The number of aliphatic hydroxyl groups is 1. The minimum atomic E-state index is -3.62. The number of ether oxygens (including phenoxy) is 2. The van der Waals surface area contributed by atoms with Gasteiger partial charge in [0.25, 0.3) is 0 Å². The number of benzene rings is 2. The third-order valence-electron chi connectivity index (χ3n) is 10.8. The van der Waals surface area contributed by atoms with E-state index in [9.17, 15) is 13.5 Å². The molecule has 0 amide bonds. The van der Waals surface area contributed by atoms with Gasteiger partial charge < -0.3 is 40.9 Å². The summed E-state index contributed by atoms with van der Waals surface area (Å²) in [5, 5.41) is 12.4. The van der Waals surface area contributed by atoms with E-state index in [1.165, 1.54) is 43.8 Å². The fraction of sp³-hybridized carbons (Fsp3) is 0.667. The molecular weight excluding hydrogens is 666 g/mol.